The summed E-state index contributed by atoms with van der Waals surface area (Å²) < 4.78 is 24.6. The molecular weight excluding hydrogens is 226 g/mol. The minimum absolute atomic E-state index is 0.145. The SMILES string of the molecule is C=CCS(=O)(=O)N1C(=O)Cc2ccccc21. The average Bonchev–Trinajstić information content (AvgIpc) is 2.53. The van der Waals surface area contributed by atoms with Gasteiger partial charge in [-0.05, 0) is 11.6 Å². The molecule has 0 aromatic heterocycles. The number of anilines is 1. The highest BCUT2D eigenvalue weighted by Crippen LogP contribution is 2.30. The largest absolute Gasteiger partial charge is 0.273 e. The van der Waals surface area contributed by atoms with Gasteiger partial charge < -0.3 is 0 Å². The molecular formula is C11H11NO3S. The van der Waals surface area contributed by atoms with E-state index in [-0.39, 0.29) is 12.2 Å². The van der Waals surface area contributed by atoms with Gasteiger partial charge in [-0.3, -0.25) is 4.79 Å². The Labute approximate surface area is 94.2 Å². The lowest BCUT2D eigenvalue weighted by molar-refractivity contribution is -0.116. The Morgan fingerprint density at radius 2 is 2.06 bits per heavy atom. The second kappa shape index (κ2) is 3.75. The standard InChI is InChI=1S/C11H11NO3S/c1-2-7-16(14,15)12-10-6-4-3-5-9(10)8-11(12)13/h2-6H,1,7-8H2. The zero-order chi connectivity index (χ0) is 11.8. The zero-order valence-electron chi connectivity index (χ0n) is 8.59. The third-order valence-electron chi connectivity index (χ3n) is 2.39. The van der Waals surface area contributed by atoms with Gasteiger partial charge in [0.1, 0.15) is 0 Å². The molecule has 0 unspecified atom stereocenters. The highest BCUT2D eigenvalue weighted by Gasteiger charge is 2.35. The van der Waals surface area contributed by atoms with Crippen LogP contribution in [0.2, 0.25) is 0 Å². The summed E-state index contributed by atoms with van der Waals surface area (Å²) in [6, 6.07) is 6.90. The zero-order valence-corrected chi connectivity index (χ0v) is 9.40. The minimum atomic E-state index is -3.61. The first kappa shape index (κ1) is 10.9. The molecule has 1 aromatic rings. The first-order valence-corrected chi connectivity index (χ1v) is 6.42. The number of carbonyl (C=O) groups excluding carboxylic acids is 1. The molecule has 1 heterocycles. The number of amides is 1. The average molecular weight is 237 g/mol. The summed E-state index contributed by atoms with van der Waals surface area (Å²) in [7, 11) is -3.61. The van der Waals surface area contributed by atoms with Crippen LogP contribution in [0.3, 0.4) is 0 Å². The molecule has 16 heavy (non-hydrogen) atoms. The molecule has 1 aliphatic rings. The molecule has 0 saturated carbocycles. The van der Waals surface area contributed by atoms with Crippen molar-refractivity contribution in [2.45, 2.75) is 6.42 Å². The Hall–Kier alpha value is -1.62. The van der Waals surface area contributed by atoms with Crippen LogP contribution in [0.5, 0.6) is 0 Å². The third kappa shape index (κ3) is 1.63. The normalized spacial score (nSPS) is 15.0. The lowest BCUT2D eigenvalue weighted by atomic mass is 10.2. The summed E-state index contributed by atoms with van der Waals surface area (Å²) in [5.41, 5.74) is 1.22. The van der Waals surface area contributed by atoms with Crippen LogP contribution in [-0.4, -0.2) is 20.1 Å². The van der Waals surface area contributed by atoms with Gasteiger partial charge in [0.25, 0.3) is 0 Å². The molecule has 0 radical (unpaired) electrons. The lowest BCUT2D eigenvalue weighted by Crippen LogP contribution is -2.35. The molecule has 0 N–H and O–H groups in total. The maximum absolute atomic E-state index is 11.8. The number of hydrogen-bond donors (Lipinski definition) is 0. The van der Waals surface area contributed by atoms with E-state index in [1.54, 1.807) is 24.3 Å². The topological polar surface area (TPSA) is 54.5 Å². The molecule has 1 aromatic carbocycles. The fourth-order valence-corrected chi connectivity index (χ4v) is 3.06. The van der Waals surface area contributed by atoms with E-state index in [4.69, 9.17) is 0 Å². The number of para-hydroxylation sites is 1. The Bertz CT molecular complexity index is 548. The van der Waals surface area contributed by atoms with Crippen LogP contribution in [-0.2, 0) is 21.2 Å². The minimum Gasteiger partial charge on any atom is -0.273 e. The fraction of sp³-hybridized carbons (Fsp3) is 0.182. The predicted octanol–water partition coefficient (Wildman–Crippen LogP) is 1.09. The molecule has 1 aliphatic heterocycles. The van der Waals surface area contributed by atoms with Crippen molar-refractivity contribution >= 4 is 21.6 Å². The molecule has 0 atom stereocenters. The Morgan fingerprint density at radius 1 is 1.38 bits per heavy atom. The maximum atomic E-state index is 11.8. The van der Waals surface area contributed by atoms with Crippen molar-refractivity contribution in [1.29, 1.82) is 0 Å². The molecule has 0 bridgehead atoms. The summed E-state index contributed by atoms with van der Waals surface area (Å²) >= 11 is 0. The second-order valence-corrected chi connectivity index (χ2v) is 5.39. The number of fused-ring (bicyclic) bond motifs is 1. The van der Waals surface area contributed by atoms with Gasteiger partial charge in [0.15, 0.2) is 0 Å². The highest BCUT2D eigenvalue weighted by atomic mass is 32.2. The van der Waals surface area contributed by atoms with Gasteiger partial charge in [0, 0.05) is 0 Å². The highest BCUT2D eigenvalue weighted by molar-refractivity contribution is 7.93. The molecule has 0 spiro atoms. The van der Waals surface area contributed by atoms with Crippen molar-refractivity contribution in [3.05, 3.63) is 42.5 Å². The summed E-state index contributed by atoms with van der Waals surface area (Å²) in [6.45, 7) is 3.38. The molecule has 1 amide bonds. The van der Waals surface area contributed by atoms with Crippen LogP contribution in [0.1, 0.15) is 5.56 Å². The van der Waals surface area contributed by atoms with Crippen molar-refractivity contribution in [3.8, 4) is 0 Å². The summed E-state index contributed by atoms with van der Waals surface area (Å²) in [6.07, 6.45) is 1.43. The first-order chi connectivity index (χ1) is 7.56. The number of carbonyl (C=O) groups is 1. The van der Waals surface area contributed by atoms with Crippen LogP contribution in [0.15, 0.2) is 36.9 Å². The van der Waals surface area contributed by atoms with E-state index in [1.165, 1.54) is 6.08 Å². The second-order valence-electron chi connectivity index (χ2n) is 3.53. The van der Waals surface area contributed by atoms with Crippen molar-refractivity contribution < 1.29 is 13.2 Å². The number of nitrogens with zero attached hydrogens (tertiary/aromatic N) is 1. The molecule has 0 fully saturated rings. The van der Waals surface area contributed by atoms with E-state index < -0.39 is 15.9 Å². The van der Waals surface area contributed by atoms with Crippen molar-refractivity contribution in [2.24, 2.45) is 0 Å². The Kier molecular flexibility index (Phi) is 2.55. The van der Waals surface area contributed by atoms with Crippen LogP contribution in [0.25, 0.3) is 0 Å². The van der Waals surface area contributed by atoms with Crippen LogP contribution in [0, 0.1) is 0 Å². The predicted molar refractivity (Wildman–Crippen MR) is 61.6 cm³/mol. The molecule has 0 aliphatic carbocycles. The van der Waals surface area contributed by atoms with Crippen LogP contribution >= 0.6 is 0 Å². The van der Waals surface area contributed by atoms with Gasteiger partial charge in [-0.2, -0.15) is 0 Å². The van der Waals surface area contributed by atoms with Crippen LogP contribution < -0.4 is 4.31 Å². The van der Waals surface area contributed by atoms with E-state index in [2.05, 4.69) is 6.58 Å². The molecule has 2 rings (SSSR count). The molecule has 5 heteroatoms. The number of sulfonamides is 1. The molecule has 84 valence electrons. The van der Waals surface area contributed by atoms with Crippen molar-refractivity contribution in [2.75, 3.05) is 10.1 Å². The van der Waals surface area contributed by atoms with Crippen molar-refractivity contribution in [3.63, 3.8) is 0 Å². The van der Waals surface area contributed by atoms with Gasteiger partial charge >= 0.3 is 0 Å². The van der Waals surface area contributed by atoms with Crippen molar-refractivity contribution in [1.82, 2.24) is 0 Å². The third-order valence-corrected chi connectivity index (χ3v) is 4.00. The number of rotatable bonds is 3. The lowest BCUT2D eigenvalue weighted by Gasteiger charge is -2.16. The first-order valence-electron chi connectivity index (χ1n) is 4.81. The summed E-state index contributed by atoms with van der Waals surface area (Å²) in [5, 5.41) is 0. The van der Waals surface area contributed by atoms with E-state index in [0.29, 0.717) is 5.69 Å². The summed E-state index contributed by atoms with van der Waals surface area (Å²) in [5.74, 6) is -0.629. The molecule has 4 nitrogen and oxygen atoms in total. The Morgan fingerprint density at radius 3 is 2.75 bits per heavy atom. The number of benzene rings is 1. The quantitative estimate of drug-likeness (QED) is 0.739. The van der Waals surface area contributed by atoms with Gasteiger partial charge in [-0.1, -0.05) is 24.3 Å². The maximum Gasteiger partial charge on any atom is 0.245 e. The summed E-state index contributed by atoms with van der Waals surface area (Å²) in [4.78, 5) is 11.7. The van der Waals surface area contributed by atoms with Gasteiger partial charge in [-0.15, -0.1) is 6.58 Å². The van der Waals surface area contributed by atoms with Gasteiger partial charge in [0.05, 0.1) is 17.9 Å². The fourth-order valence-electron chi connectivity index (χ4n) is 1.76. The van der Waals surface area contributed by atoms with Crippen LogP contribution in [0.4, 0.5) is 5.69 Å². The van der Waals surface area contributed by atoms with E-state index >= 15 is 0 Å². The van der Waals surface area contributed by atoms with E-state index in [1.807, 2.05) is 0 Å². The van der Waals surface area contributed by atoms with E-state index in [0.717, 1.165) is 9.87 Å². The smallest absolute Gasteiger partial charge is 0.245 e. The molecule has 0 saturated heterocycles. The number of hydrogen-bond acceptors (Lipinski definition) is 3. The Balaban J connectivity index is 2.51. The monoisotopic (exact) mass is 237 g/mol. The van der Waals surface area contributed by atoms with E-state index in [9.17, 15) is 13.2 Å². The van der Waals surface area contributed by atoms with Gasteiger partial charge in [0.2, 0.25) is 15.9 Å². The van der Waals surface area contributed by atoms with Gasteiger partial charge in [-0.25, -0.2) is 12.7 Å².